The SMILES string of the molecule is O=C(CCc1c2ccccc2cc2ccccc12)N1C2CCC1CC(S(=O)(=O)c1ccccc1)C2. The topological polar surface area (TPSA) is 54.5 Å². The monoisotopic (exact) mass is 483 g/mol. The van der Waals surface area contributed by atoms with Crippen molar-refractivity contribution in [2.75, 3.05) is 0 Å². The van der Waals surface area contributed by atoms with E-state index in [2.05, 4.69) is 54.6 Å². The van der Waals surface area contributed by atoms with Gasteiger partial charge >= 0.3 is 0 Å². The molecule has 4 aromatic carbocycles. The highest BCUT2D eigenvalue weighted by Gasteiger charge is 2.46. The molecule has 6 rings (SSSR count). The second kappa shape index (κ2) is 8.80. The molecule has 35 heavy (non-hydrogen) atoms. The summed E-state index contributed by atoms with van der Waals surface area (Å²) in [6, 6.07) is 27.8. The quantitative estimate of drug-likeness (QED) is 0.331. The van der Waals surface area contributed by atoms with Gasteiger partial charge in [-0.1, -0.05) is 66.7 Å². The first-order valence-electron chi connectivity index (χ1n) is 12.5. The fourth-order valence-electron chi connectivity index (χ4n) is 6.33. The van der Waals surface area contributed by atoms with Gasteiger partial charge in [-0.2, -0.15) is 0 Å². The molecule has 4 aromatic rings. The highest BCUT2D eigenvalue weighted by molar-refractivity contribution is 7.92. The molecule has 0 aromatic heterocycles. The molecule has 178 valence electrons. The number of carbonyl (C=O) groups excluding carboxylic acids is 1. The lowest BCUT2D eigenvalue weighted by Crippen LogP contribution is -2.49. The molecule has 2 unspecified atom stereocenters. The maximum Gasteiger partial charge on any atom is 0.223 e. The first-order chi connectivity index (χ1) is 17.0. The summed E-state index contributed by atoms with van der Waals surface area (Å²) in [6.07, 6.45) is 4.00. The van der Waals surface area contributed by atoms with E-state index in [0.29, 0.717) is 30.6 Å². The van der Waals surface area contributed by atoms with E-state index in [0.717, 1.165) is 12.8 Å². The largest absolute Gasteiger partial charge is 0.337 e. The highest BCUT2D eigenvalue weighted by atomic mass is 32.2. The van der Waals surface area contributed by atoms with Gasteiger partial charge in [0.25, 0.3) is 0 Å². The second-order valence-electron chi connectivity index (χ2n) is 9.93. The van der Waals surface area contributed by atoms with Crippen LogP contribution in [0, 0.1) is 0 Å². The van der Waals surface area contributed by atoms with E-state index in [-0.39, 0.29) is 18.0 Å². The molecule has 2 saturated heterocycles. The van der Waals surface area contributed by atoms with Crippen LogP contribution in [0.1, 0.15) is 37.7 Å². The van der Waals surface area contributed by atoms with Gasteiger partial charge in [-0.3, -0.25) is 4.79 Å². The number of hydrogen-bond donors (Lipinski definition) is 0. The molecular weight excluding hydrogens is 454 g/mol. The first kappa shape index (κ1) is 22.3. The number of hydrogen-bond acceptors (Lipinski definition) is 3. The Balaban J connectivity index is 1.22. The molecule has 2 aliphatic rings. The van der Waals surface area contributed by atoms with Crippen LogP contribution in [0.15, 0.2) is 89.8 Å². The zero-order chi connectivity index (χ0) is 24.0. The molecule has 0 radical (unpaired) electrons. The lowest BCUT2D eigenvalue weighted by Gasteiger charge is -2.39. The Bertz CT molecular complexity index is 1440. The summed E-state index contributed by atoms with van der Waals surface area (Å²) in [5.41, 5.74) is 1.22. The van der Waals surface area contributed by atoms with Crippen molar-refractivity contribution in [3.63, 3.8) is 0 Å². The number of aryl methyl sites for hydroxylation is 1. The van der Waals surface area contributed by atoms with E-state index in [4.69, 9.17) is 0 Å². The molecule has 4 nitrogen and oxygen atoms in total. The maximum absolute atomic E-state index is 13.5. The van der Waals surface area contributed by atoms with E-state index in [1.165, 1.54) is 27.1 Å². The fraction of sp³-hybridized carbons (Fsp3) is 0.300. The third-order valence-electron chi connectivity index (χ3n) is 7.96. The van der Waals surface area contributed by atoms with Gasteiger partial charge in [0.1, 0.15) is 0 Å². The molecule has 2 heterocycles. The molecule has 0 saturated carbocycles. The Labute approximate surface area is 206 Å². The van der Waals surface area contributed by atoms with Crippen LogP contribution in [0.2, 0.25) is 0 Å². The number of carbonyl (C=O) groups is 1. The number of benzene rings is 4. The molecule has 2 bridgehead atoms. The molecular formula is C30H29NO3S. The smallest absolute Gasteiger partial charge is 0.223 e. The summed E-state index contributed by atoms with van der Waals surface area (Å²) >= 11 is 0. The molecule has 5 heteroatoms. The molecule has 2 atom stereocenters. The van der Waals surface area contributed by atoms with Crippen molar-refractivity contribution >= 4 is 37.3 Å². The van der Waals surface area contributed by atoms with Crippen molar-refractivity contribution in [3.8, 4) is 0 Å². The Morgan fingerprint density at radius 3 is 1.91 bits per heavy atom. The second-order valence-corrected chi connectivity index (χ2v) is 12.2. The molecule has 2 fully saturated rings. The number of piperidine rings is 1. The minimum Gasteiger partial charge on any atom is -0.337 e. The van der Waals surface area contributed by atoms with Crippen molar-refractivity contribution in [1.29, 1.82) is 0 Å². The van der Waals surface area contributed by atoms with Crippen LogP contribution in [0.25, 0.3) is 21.5 Å². The van der Waals surface area contributed by atoms with Gasteiger partial charge in [-0.25, -0.2) is 8.42 Å². The number of nitrogens with zero attached hydrogens (tertiary/aromatic N) is 1. The summed E-state index contributed by atoms with van der Waals surface area (Å²) in [4.78, 5) is 15.9. The zero-order valence-electron chi connectivity index (χ0n) is 19.6. The van der Waals surface area contributed by atoms with Crippen LogP contribution < -0.4 is 0 Å². The van der Waals surface area contributed by atoms with Crippen molar-refractivity contribution in [2.24, 2.45) is 0 Å². The Morgan fingerprint density at radius 2 is 1.31 bits per heavy atom. The first-order valence-corrected chi connectivity index (χ1v) is 14.1. The van der Waals surface area contributed by atoms with Gasteiger partial charge in [-0.15, -0.1) is 0 Å². The summed E-state index contributed by atoms with van der Waals surface area (Å²) in [7, 11) is -3.38. The van der Waals surface area contributed by atoms with Crippen LogP contribution in [-0.4, -0.2) is 36.6 Å². The van der Waals surface area contributed by atoms with Crippen LogP contribution >= 0.6 is 0 Å². The van der Waals surface area contributed by atoms with Gasteiger partial charge < -0.3 is 4.90 Å². The van der Waals surface area contributed by atoms with E-state index >= 15 is 0 Å². The number of rotatable bonds is 5. The van der Waals surface area contributed by atoms with E-state index in [1.807, 2.05) is 11.0 Å². The molecule has 0 N–H and O–H groups in total. The molecule has 2 aliphatic heterocycles. The number of sulfone groups is 1. The van der Waals surface area contributed by atoms with Gasteiger partial charge in [0.2, 0.25) is 5.91 Å². The average molecular weight is 484 g/mol. The molecule has 0 aliphatic carbocycles. The van der Waals surface area contributed by atoms with Crippen molar-refractivity contribution < 1.29 is 13.2 Å². The van der Waals surface area contributed by atoms with Gasteiger partial charge in [0.05, 0.1) is 10.1 Å². The van der Waals surface area contributed by atoms with Crippen molar-refractivity contribution in [2.45, 2.75) is 60.8 Å². The number of fused-ring (bicyclic) bond motifs is 4. The van der Waals surface area contributed by atoms with Crippen molar-refractivity contribution in [1.82, 2.24) is 4.90 Å². The molecule has 1 amide bonds. The minimum absolute atomic E-state index is 0.0222. The Morgan fingerprint density at radius 1 is 0.771 bits per heavy atom. The van der Waals surface area contributed by atoms with Gasteiger partial charge in [0.15, 0.2) is 9.84 Å². The summed E-state index contributed by atoms with van der Waals surface area (Å²) in [5.74, 6) is 0.157. The lowest BCUT2D eigenvalue weighted by molar-refractivity contribution is -0.135. The lowest BCUT2D eigenvalue weighted by atomic mass is 9.93. The summed E-state index contributed by atoms with van der Waals surface area (Å²) in [5, 5.41) is 4.39. The van der Waals surface area contributed by atoms with Gasteiger partial charge in [0, 0.05) is 18.5 Å². The zero-order valence-corrected chi connectivity index (χ0v) is 20.5. The third kappa shape index (κ3) is 3.92. The van der Waals surface area contributed by atoms with E-state index < -0.39 is 15.1 Å². The highest BCUT2D eigenvalue weighted by Crippen LogP contribution is 2.40. The van der Waals surface area contributed by atoms with Crippen LogP contribution in [0.3, 0.4) is 0 Å². The van der Waals surface area contributed by atoms with E-state index in [1.54, 1.807) is 24.3 Å². The standard InChI is InChI=1S/C30H29NO3S/c32-30(17-16-29-27-12-6-4-8-21(27)18-22-9-5-7-13-28(22)29)31-23-14-15-24(31)20-26(19-23)35(33,34)25-10-2-1-3-11-25/h1-13,18,23-24,26H,14-17,19-20H2. The maximum atomic E-state index is 13.5. The summed E-state index contributed by atoms with van der Waals surface area (Å²) < 4.78 is 26.5. The Kier molecular flexibility index (Phi) is 5.60. The predicted octanol–water partition coefficient (Wildman–Crippen LogP) is 5.92. The van der Waals surface area contributed by atoms with Crippen molar-refractivity contribution in [3.05, 3.63) is 90.5 Å². The van der Waals surface area contributed by atoms with Crippen LogP contribution in [0.5, 0.6) is 0 Å². The molecule has 0 spiro atoms. The third-order valence-corrected chi connectivity index (χ3v) is 10.2. The average Bonchev–Trinajstić information content (AvgIpc) is 3.15. The minimum atomic E-state index is -3.38. The number of amides is 1. The van der Waals surface area contributed by atoms with Crippen LogP contribution in [-0.2, 0) is 21.1 Å². The predicted molar refractivity (Wildman–Crippen MR) is 140 cm³/mol. The van der Waals surface area contributed by atoms with E-state index in [9.17, 15) is 13.2 Å². The summed E-state index contributed by atoms with van der Waals surface area (Å²) in [6.45, 7) is 0. The fourth-order valence-corrected chi connectivity index (χ4v) is 8.20. The Hall–Kier alpha value is -3.18. The normalized spacial score (nSPS) is 22.1. The van der Waals surface area contributed by atoms with Crippen LogP contribution in [0.4, 0.5) is 0 Å². The van der Waals surface area contributed by atoms with Gasteiger partial charge in [-0.05, 0) is 77.4 Å².